The van der Waals surface area contributed by atoms with E-state index >= 15 is 0 Å². The second-order valence-corrected chi connectivity index (χ2v) is 5.19. The average molecular weight is 342 g/mol. The topological polar surface area (TPSA) is 50.1 Å². The van der Waals surface area contributed by atoms with Crippen molar-refractivity contribution in [2.24, 2.45) is 0 Å². The van der Waals surface area contributed by atoms with Gasteiger partial charge in [-0.15, -0.1) is 0 Å². The maximum absolute atomic E-state index is 12.1. The van der Waals surface area contributed by atoms with Gasteiger partial charge in [-0.2, -0.15) is 5.26 Å². The fraction of sp³-hybridized carbons (Fsp3) is 0.0588. The lowest BCUT2D eigenvalue weighted by Crippen LogP contribution is -1.94. The maximum atomic E-state index is 12.1. The third-order valence-corrected chi connectivity index (χ3v) is 3.40. The summed E-state index contributed by atoms with van der Waals surface area (Å²) in [5.41, 5.74) is 1.89. The molecule has 0 unspecified atom stereocenters. The van der Waals surface area contributed by atoms with E-state index in [-0.39, 0.29) is 5.78 Å². The fourth-order valence-electron chi connectivity index (χ4n) is 1.81. The zero-order valence-corrected chi connectivity index (χ0v) is 12.9. The number of carbonyl (C=O) groups is 1. The summed E-state index contributed by atoms with van der Waals surface area (Å²) in [5.74, 6) is 0.573. The molecular weight excluding hydrogens is 330 g/mol. The number of allylic oxidation sites excluding steroid dienone is 1. The minimum atomic E-state index is -0.124. The summed E-state index contributed by atoms with van der Waals surface area (Å²) in [6, 6.07) is 14.1. The van der Waals surface area contributed by atoms with Crippen LogP contribution in [0.25, 0.3) is 6.08 Å². The molecule has 0 aromatic heterocycles. The van der Waals surface area contributed by atoms with Gasteiger partial charge in [-0.25, -0.2) is 0 Å². The van der Waals surface area contributed by atoms with Gasteiger partial charge in [0.25, 0.3) is 0 Å². The number of hydrogen-bond donors (Lipinski definition) is 0. The summed E-state index contributed by atoms with van der Waals surface area (Å²) in [6.07, 6.45) is 3.20. The van der Waals surface area contributed by atoms with Crippen LogP contribution < -0.4 is 4.74 Å². The average Bonchev–Trinajstić information content (AvgIpc) is 2.52. The Morgan fingerprint density at radius 1 is 1.24 bits per heavy atom. The van der Waals surface area contributed by atoms with Crippen molar-refractivity contribution in [1.82, 2.24) is 0 Å². The molecule has 0 heterocycles. The molecule has 0 fully saturated rings. The molecular formula is C17H12BrNO2. The summed E-state index contributed by atoms with van der Waals surface area (Å²) in [5, 5.41) is 8.74. The molecule has 0 radical (unpaired) electrons. The smallest absolute Gasteiger partial charge is 0.185 e. The molecule has 0 N–H and O–H groups in total. The molecule has 0 aliphatic carbocycles. The van der Waals surface area contributed by atoms with Crippen LogP contribution in [0.1, 0.15) is 21.5 Å². The quantitative estimate of drug-likeness (QED) is 0.617. The van der Waals surface area contributed by atoms with E-state index in [4.69, 9.17) is 10.00 Å². The van der Waals surface area contributed by atoms with Gasteiger partial charge in [0.05, 0.1) is 18.7 Å². The number of carbonyl (C=O) groups excluding carboxylic acids is 1. The molecule has 2 aromatic rings. The highest BCUT2D eigenvalue weighted by atomic mass is 79.9. The highest BCUT2D eigenvalue weighted by Crippen LogP contribution is 2.24. The zero-order valence-electron chi connectivity index (χ0n) is 11.3. The van der Waals surface area contributed by atoms with Crippen LogP contribution in [-0.4, -0.2) is 12.9 Å². The summed E-state index contributed by atoms with van der Waals surface area (Å²) in [7, 11) is 1.59. The molecule has 0 aliphatic heterocycles. The molecule has 4 heteroatoms. The van der Waals surface area contributed by atoms with E-state index in [1.807, 2.05) is 24.3 Å². The van der Waals surface area contributed by atoms with Gasteiger partial charge in [0.15, 0.2) is 5.78 Å². The molecule has 0 bridgehead atoms. The SMILES string of the molecule is COc1ccc(Br)cc1/C=C/C(=O)c1ccc(C#N)cc1. The lowest BCUT2D eigenvalue weighted by atomic mass is 10.1. The van der Waals surface area contributed by atoms with E-state index in [0.717, 1.165) is 10.0 Å². The van der Waals surface area contributed by atoms with E-state index in [2.05, 4.69) is 15.9 Å². The first-order valence-corrected chi connectivity index (χ1v) is 6.99. The number of methoxy groups -OCH3 is 1. The van der Waals surface area contributed by atoms with E-state index < -0.39 is 0 Å². The molecule has 2 rings (SSSR count). The van der Waals surface area contributed by atoms with Gasteiger partial charge >= 0.3 is 0 Å². The van der Waals surface area contributed by atoms with Gasteiger partial charge in [0.1, 0.15) is 5.75 Å². The predicted octanol–water partition coefficient (Wildman–Crippen LogP) is 4.23. The molecule has 0 spiro atoms. The number of nitrogens with zero attached hydrogens (tertiary/aromatic N) is 1. The van der Waals surface area contributed by atoms with Gasteiger partial charge in [-0.05, 0) is 54.6 Å². The zero-order chi connectivity index (χ0) is 15.2. The monoisotopic (exact) mass is 341 g/mol. The predicted molar refractivity (Wildman–Crippen MR) is 85.2 cm³/mol. The van der Waals surface area contributed by atoms with Crippen LogP contribution in [-0.2, 0) is 0 Å². The third kappa shape index (κ3) is 3.80. The standard InChI is InChI=1S/C17H12BrNO2/c1-21-17-9-7-15(18)10-14(17)6-8-16(20)13-4-2-12(11-19)3-5-13/h2-10H,1H3/b8-6+. The van der Waals surface area contributed by atoms with Crippen LogP contribution in [0.4, 0.5) is 0 Å². The van der Waals surface area contributed by atoms with Gasteiger partial charge in [-0.3, -0.25) is 4.79 Å². The molecule has 0 amide bonds. The first kappa shape index (κ1) is 15.0. The first-order valence-electron chi connectivity index (χ1n) is 6.20. The van der Waals surface area contributed by atoms with Crippen LogP contribution in [0.3, 0.4) is 0 Å². The second-order valence-electron chi connectivity index (χ2n) is 4.27. The van der Waals surface area contributed by atoms with Crippen molar-refractivity contribution in [1.29, 1.82) is 5.26 Å². The Morgan fingerprint density at radius 3 is 2.57 bits per heavy atom. The Hall–Kier alpha value is -2.38. The van der Waals surface area contributed by atoms with Crippen molar-refractivity contribution in [2.75, 3.05) is 7.11 Å². The second kappa shape index (κ2) is 6.87. The van der Waals surface area contributed by atoms with Gasteiger partial charge < -0.3 is 4.74 Å². The van der Waals surface area contributed by atoms with Crippen molar-refractivity contribution < 1.29 is 9.53 Å². The molecule has 0 aliphatic rings. The largest absolute Gasteiger partial charge is 0.496 e. The number of halogens is 1. The number of hydrogen-bond acceptors (Lipinski definition) is 3. The minimum absolute atomic E-state index is 0.124. The van der Waals surface area contributed by atoms with E-state index in [1.54, 1.807) is 37.5 Å². The summed E-state index contributed by atoms with van der Waals surface area (Å²) < 4.78 is 6.16. The minimum Gasteiger partial charge on any atom is -0.496 e. The van der Waals surface area contributed by atoms with E-state index in [1.165, 1.54) is 6.08 Å². The lowest BCUT2D eigenvalue weighted by Gasteiger charge is -2.04. The Kier molecular flexibility index (Phi) is 4.91. The van der Waals surface area contributed by atoms with E-state index in [0.29, 0.717) is 16.9 Å². The molecule has 0 saturated carbocycles. The normalized spacial score (nSPS) is 10.3. The summed E-state index contributed by atoms with van der Waals surface area (Å²) >= 11 is 3.39. The van der Waals surface area contributed by atoms with Crippen LogP contribution in [0.2, 0.25) is 0 Å². The molecule has 21 heavy (non-hydrogen) atoms. The molecule has 104 valence electrons. The molecule has 3 nitrogen and oxygen atoms in total. The van der Waals surface area contributed by atoms with Crippen molar-refractivity contribution in [3.05, 3.63) is 69.7 Å². The Labute approximate surface area is 131 Å². The third-order valence-electron chi connectivity index (χ3n) is 2.90. The number of ketones is 1. The van der Waals surface area contributed by atoms with Crippen molar-refractivity contribution in [3.63, 3.8) is 0 Å². The molecule has 0 saturated heterocycles. The lowest BCUT2D eigenvalue weighted by molar-refractivity contribution is 0.104. The van der Waals surface area contributed by atoms with Gasteiger partial charge in [-0.1, -0.05) is 15.9 Å². The van der Waals surface area contributed by atoms with Crippen molar-refractivity contribution >= 4 is 27.8 Å². The van der Waals surface area contributed by atoms with Gasteiger partial charge in [0.2, 0.25) is 0 Å². The Balaban J connectivity index is 2.22. The maximum Gasteiger partial charge on any atom is 0.185 e. The van der Waals surface area contributed by atoms with Crippen LogP contribution in [0, 0.1) is 11.3 Å². The Morgan fingerprint density at radius 2 is 1.95 bits per heavy atom. The van der Waals surface area contributed by atoms with Crippen LogP contribution >= 0.6 is 15.9 Å². The van der Waals surface area contributed by atoms with Crippen LogP contribution in [0.5, 0.6) is 5.75 Å². The van der Waals surface area contributed by atoms with Crippen LogP contribution in [0.15, 0.2) is 53.0 Å². The highest BCUT2D eigenvalue weighted by molar-refractivity contribution is 9.10. The Bertz CT molecular complexity index is 727. The fourth-order valence-corrected chi connectivity index (χ4v) is 2.18. The van der Waals surface area contributed by atoms with Crippen molar-refractivity contribution in [3.8, 4) is 11.8 Å². The highest BCUT2D eigenvalue weighted by Gasteiger charge is 2.04. The summed E-state index contributed by atoms with van der Waals surface area (Å²) in [4.78, 5) is 12.1. The number of benzene rings is 2. The number of ether oxygens (including phenoxy) is 1. The number of nitriles is 1. The van der Waals surface area contributed by atoms with Crippen molar-refractivity contribution in [2.45, 2.75) is 0 Å². The first-order chi connectivity index (χ1) is 10.1. The van der Waals surface area contributed by atoms with E-state index in [9.17, 15) is 4.79 Å². The summed E-state index contributed by atoms with van der Waals surface area (Å²) in [6.45, 7) is 0. The molecule has 0 atom stereocenters. The van der Waals surface area contributed by atoms with Gasteiger partial charge in [0, 0.05) is 15.6 Å². The number of rotatable bonds is 4. The molecule has 2 aromatic carbocycles.